The van der Waals surface area contributed by atoms with Crippen LogP contribution < -0.4 is 10.1 Å². The third-order valence-electron chi connectivity index (χ3n) is 4.43. The van der Waals surface area contributed by atoms with Crippen LogP contribution in [-0.4, -0.2) is 37.0 Å². The number of rotatable bonds is 5. The summed E-state index contributed by atoms with van der Waals surface area (Å²) >= 11 is 6.08. The summed E-state index contributed by atoms with van der Waals surface area (Å²) in [6.45, 7) is 1.54. The molecule has 2 aromatic carbocycles. The Morgan fingerprint density at radius 3 is 2.61 bits per heavy atom. The van der Waals surface area contributed by atoms with Crippen LogP contribution in [0.15, 0.2) is 54.9 Å². The van der Waals surface area contributed by atoms with Crippen LogP contribution >= 0.6 is 11.6 Å². The molecule has 2 heterocycles. The van der Waals surface area contributed by atoms with E-state index in [4.69, 9.17) is 11.6 Å². The smallest absolute Gasteiger partial charge is 0.406 e. The van der Waals surface area contributed by atoms with Gasteiger partial charge in [0.1, 0.15) is 17.3 Å². The monoisotopic (exact) mass is 480 g/mol. The Kier molecular flexibility index (Phi) is 5.77. The van der Waals surface area contributed by atoms with Crippen LogP contribution in [0.3, 0.4) is 0 Å². The van der Waals surface area contributed by atoms with Crippen molar-refractivity contribution < 1.29 is 27.1 Å². The van der Waals surface area contributed by atoms with Crippen LogP contribution in [0.25, 0.3) is 11.4 Å². The summed E-state index contributed by atoms with van der Waals surface area (Å²) in [7, 11) is 0. The minimum Gasteiger partial charge on any atom is -0.406 e. The second kappa shape index (κ2) is 8.54. The second-order valence-electron chi connectivity index (χ2n) is 6.68. The van der Waals surface area contributed by atoms with Crippen molar-refractivity contribution in [2.24, 2.45) is 0 Å². The van der Waals surface area contributed by atoms with Gasteiger partial charge in [0.15, 0.2) is 5.69 Å². The van der Waals surface area contributed by atoms with Crippen LogP contribution in [0.5, 0.6) is 5.75 Å². The molecule has 0 aliphatic carbocycles. The van der Waals surface area contributed by atoms with E-state index in [2.05, 4.69) is 25.5 Å². The van der Waals surface area contributed by atoms with Crippen LogP contribution in [-0.2, 0) is 0 Å². The number of carbonyl (C=O) groups excluding carboxylic acids is 1. The summed E-state index contributed by atoms with van der Waals surface area (Å²) in [6.07, 6.45) is -2.11. The number of nitrogens with zero attached hydrogens (tertiary/aromatic N) is 5. The van der Waals surface area contributed by atoms with E-state index in [1.807, 2.05) is 0 Å². The van der Waals surface area contributed by atoms with Gasteiger partial charge in [0.25, 0.3) is 5.91 Å². The number of hydrogen-bond acceptors (Lipinski definition) is 5. The molecule has 8 nitrogen and oxygen atoms in total. The molecule has 13 heteroatoms. The molecule has 0 aliphatic rings. The first-order chi connectivity index (χ1) is 15.6. The van der Waals surface area contributed by atoms with Crippen LogP contribution in [0.2, 0.25) is 5.02 Å². The number of aromatic nitrogens is 5. The molecule has 4 rings (SSSR count). The van der Waals surface area contributed by atoms with Gasteiger partial charge in [-0.3, -0.25) is 4.79 Å². The van der Waals surface area contributed by atoms with Crippen molar-refractivity contribution in [1.29, 1.82) is 0 Å². The van der Waals surface area contributed by atoms with Gasteiger partial charge in [-0.25, -0.2) is 13.8 Å². The van der Waals surface area contributed by atoms with Crippen molar-refractivity contribution in [1.82, 2.24) is 24.8 Å². The van der Waals surface area contributed by atoms with Crippen molar-refractivity contribution in [3.8, 4) is 17.1 Å². The Balaban J connectivity index is 1.54. The molecule has 1 amide bonds. The summed E-state index contributed by atoms with van der Waals surface area (Å²) in [5.74, 6) is -1.61. The second-order valence-corrected chi connectivity index (χ2v) is 7.08. The summed E-state index contributed by atoms with van der Waals surface area (Å²) in [6, 6.07) is 9.29. The predicted octanol–water partition coefficient (Wildman–Crippen LogP) is 4.70. The Bertz CT molecular complexity index is 1330. The molecule has 4 aromatic rings. The molecule has 0 saturated heterocycles. The van der Waals surface area contributed by atoms with Gasteiger partial charge in [0.05, 0.1) is 34.5 Å². The van der Waals surface area contributed by atoms with Gasteiger partial charge in [0.2, 0.25) is 0 Å². The lowest BCUT2D eigenvalue weighted by Gasteiger charge is -2.11. The maximum absolute atomic E-state index is 13.9. The van der Waals surface area contributed by atoms with Gasteiger partial charge >= 0.3 is 6.36 Å². The van der Waals surface area contributed by atoms with Crippen LogP contribution in [0.4, 0.5) is 23.2 Å². The number of alkyl halides is 3. The minimum absolute atomic E-state index is 0.0553. The maximum Gasteiger partial charge on any atom is 0.573 e. The number of amides is 1. The lowest BCUT2D eigenvalue weighted by atomic mass is 10.2. The number of ether oxygens (including phenoxy) is 1. The molecular weight excluding hydrogens is 468 g/mol. The Morgan fingerprint density at radius 2 is 1.91 bits per heavy atom. The molecule has 0 fully saturated rings. The summed E-state index contributed by atoms with van der Waals surface area (Å²) in [5.41, 5.74) is 0.903. The molecule has 0 atom stereocenters. The molecule has 0 aliphatic heterocycles. The average molecular weight is 481 g/mol. The number of para-hydroxylation sites is 1. The molecule has 1 N–H and O–H groups in total. The molecule has 0 unspecified atom stereocenters. The number of carbonyl (C=O) groups is 1. The van der Waals surface area contributed by atoms with Crippen molar-refractivity contribution in [2.45, 2.75) is 13.3 Å². The molecule has 170 valence electrons. The van der Waals surface area contributed by atoms with Gasteiger partial charge in [0, 0.05) is 6.07 Å². The van der Waals surface area contributed by atoms with Crippen LogP contribution in [0, 0.1) is 12.7 Å². The first-order valence-electron chi connectivity index (χ1n) is 9.21. The fourth-order valence-electron chi connectivity index (χ4n) is 2.97. The number of hydrogen-bond donors (Lipinski definition) is 1. The van der Waals surface area contributed by atoms with Gasteiger partial charge < -0.3 is 10.1 Å². The first kappa shape index (κ1) is 22.3. The zero-order valence-corrected chi connectivity index (χ0v) is 17.4. The SMILES string of the molecule is Cc1c(C(=O)Nc2cnn(-c3ccccc3F)c2)nnn1-c1ccc(OC(F)(F)F)cc1Cl. The van der Waals surface area contributed by atoms with Gasteiger partial charge in [-0.05, 0) is 31.2 Å². The van der Waals surface area contributed by atoms with E-state index < -0.39 is 23.8 Å². The molecule has 0 radical (unpaired) electrons. The highest BCUT2D eigenvalue weighted by Crippen LogP contribution is 2.30. The average Bonchev–Trinajstić information content (AvgIpc) is 3.34. The predicted molar refractivity (Wildman–Crippen MR) is 109 cm³/mol. The summed E-state index contributed by atoms with van der Waals surface area (Å²) in [5, 5.41) is 14.2. The quantitative estimate of drug-likeness (QED) is 0.418. The number of nitrogens with one attached hydrogen (secondary N) is 1. The van der Waals surface area contributed by atoms with Crippen molar-refractivity contribution >= 4 is 23.2 Å². The third-order valence-corrected chi connectivity index (χ3v) is 4.73. The molecule has 0 spiro atoms. The fraction of sp³-hybridized carbons (Fsp3) is 0.100. The summed E-state index contributed by atoms with van der Waals surface area (Å²) < 4.78 is 57.4. The van der Waals surface area contributed by atoms with E-state index in [-0.39, 0.29) is 33.5 Å². The van der Waals surface area contributed by atoms with Gasteiger partial charge in [-0.2, -0.15) is 5.10 Å². The molecule has 0 saturated carbocycles. The fourth-order valence-corrected chi connectivity index (χ4v) is 3.22. The van der Waals surface area contributed by atoms with Gasteiger partial charge in [-0.15, -0.1) is 18.3 Å². The summed E-state index contributed by atoms with van der Waals surface area (Å²) in [4.78, 5) is 12.7. The van der Waals surface area contributed by atoms with Crippen molar-refractivity contribution in [2.75, 3.05) is 5.32 Å². The van der Waals surface area contributed by atoms with Gasteiger partial charge in [-0.1, -0.05) is 28.9 Å². The van der Waals surface area contributed by atoms with E-state index in [0.29, 0.717) is 0 Å². The van der Waals surface area contributed by atoms with Crippen molar-refractivity contribution in [3.63, 3.8) is 0 Å². The van der Waals surface area contributed by atoms with Crippen LogP contribution in [0.1, 0.15) is 16.2 Å². The van der Waals surface area contributed by atoms with E-state index in [1.165, 1.54) is 46.9 Å². The number of anilines is 1. The van der Waals surface area contributed by atoms with Crippen molar-refractivity contribution in [3.05, 3.63) is 77.1 Å². The normalized spacial score (nSPS) is 11.5. The highest BCUT2D eigenvalue weighted by atomic mass is 35.5. The number of halogens is 5. The van der Waals surface area contributed by atoms with E-state index >= 15 is 0 Å². The highest BCUT2D eigenvalue weighted by Gasteiger charge is 2.31. The number of benzene rings is 2. The first-order valence-corrected chi connectivity index (χ1v) is 9.59. The Morgan fingerprint density at radius 1 is 1.15 bits per heavy atom. The standard InChI is InChI=1S/C20H13ClF4N6O2/c1-11-18(19(32)27-12-9-26-30(10-12)17-5-3-2-4-15(17)22)28-29-31(11)16-7-6-13(8-14(16)21)33-20(23,24)25/h2-10H,1H3,(H,27,32). The Labute approximate surface area is 188 Å². The lowest BCUT2D eigenvalue weighted by Crippen LogP contribution is -2.17. The molecule has 33 heavy (non-hydrogen) atoms. The lowest BCUT2D eigenvalue weighted by molar-refractivity contribution is -0.274. The van der Waals surface area contributed by atoms with E-state index in [9.17, 15) is 22.4 Å². The zero-order chi connectivity index (χ0) is 23.8. The third kappa shape index (κ3) is 4.80. The van der Waals surface area contributed by atoms with E-state index in [1.54, 1.807) is 12.1 Å². The Hall–Kier alpha value is -3.93. The largest absolute Gasteiger partial charge is 0.573 e. The molecular formula is C20H13ClF4N6O2. The molecule has 2 aromatic heterocycles. The highest BCUT2D eigenvalue weighted by molar-refractivity contribution is 6.32. The maximum atomic E-state index is 13.9. The van der Waals surface area contributed by atoms with E-state index in [0.717, 1.165) is 12.1 Å². The minimum atomic E-state index is -4.86. The topological polar surface area (TPSA) is 86.9 Å². The molecule has 0 bridgehead atoms. The zero-order valence-electron chi connectivity index (χ0n) is 16.6.